The van der Waals surface area contributed by atoms with Crippen LogP contribution in [0.3, 0.4) is 0 Å². The zero-order valence-electron chi connectivity index (χ0n) is 9.58. The molecule has 92 valence electrons. The van der Waals surface area contributed by atoms with Crippen molar-refractivity contribution in [2.45, 2.75) is 24.7 Å². The number of piperidine rings is 1. The Morgan fingerprint density at radius 3 is 2.41 bits per heavy atom. The summed E-state index contributed by atoms with van der Waals surface area (Å²) in [6, 6.07) is 7.58. The van der Waals surface area contributed by atoms with Gasteiger partial charge >= 0.3 is 5.97 Å². The van der Waals surface area contributed by atoms with E-state index in [0.717, 1.165) is 31.5 Å². The Morgan fingerprint density at radius 2 is 1.88 bits per heavy atom. The van der Waals surface area contributed by atoms with Crippen LogP contribution in [-0.2, 0) is 10.2 Å². The van der Waals surface area contributed by atoms with E-state index in [-0.39, 0.29) is 11.8 Å². The number of halogens is 1. The zero-order valence-corrected chi connectivity index (χ0v) is 10.3. The van der Waals surface area contributed by atoms with Crippen LogP contribution < -0.4 is 5.32 Å². The van der Waals surface area contributed by atoms with Gasteiger partial charge in [-0.2, -0.15) is 0 Å². The standard InChI is InChI=1S/C13H16ClNO2/c14-11-3-1-10(2-4-11)13(9-12(16)17)5-7-15-8-6-13/h1-4,15H,5-9H2,(H,16,17). The number of carbonyl (C=O) groups is 1. The molecule has 0 bridgehead atoms. The van der Waals surface area contributed by atoms with E-state index in [4.69, 9.17) is 16.7 Å². The minimum atomic E-state index is -0.734. The van der Waals surface area contributed by atoms with Crippen LogP contribution in [0.25, 0.3) is 0 Å². The van der Waals surface area contributed by atoms with Crippen molar-refractivity contribution in [3.63, 3.8) is 0 Å². The van der Waals surface area contributed by atoms with Crippen LogP contribution in [0.15, 0.2) is 24.3 Å². The molecule has 1 aromatic carbocycles. The van der Waals surface area contributed by atoms with E-state index in [9.17, 15) is 4.79 Å². The van der Waals surface area contributed by atoms with Crippen molar-refractivity contribution in [1.82, 2.24) is 5.32 Å². The fourth-order valence-corrected chi connectivity index (χ4v) is 2.69. The number of nitrogens with one attached hydrogen (secondary N) is 1. The number of benzene rings is 1. The lowest BCUT2D eigenvalue weighted by Gasteiger charge is -2.37. The lowest BCUT2D eigenvalue weighted by atomic mass is 9.71. The number of aliphatic carboxylic acids is 1. The molecule has 0 aliphatic carbocycles. The second-order valence-corrected chi connectivity index (χ2v) is 5.04. The highest BCUT2D eigenvalue weighted by Crippen LogP contribution is 2.37. The summed E-state index contributed by atoms with van der Waals surface area (Å²) < 4.78 is 0. The zero-order chi connectivity index (χ0) is 12.3. The monoisotopic (exact) mass is 253 g/mol. The van der Waals surface area contributed by atoms with Gasteiger partial charge in [0.2, 0.25) is 0 Å². The lowest BCUT2D eigenvalue weighted by Crippen LogP contribution is -2.41. The quantitative estimate of drug-likeness (QED) is 0.870. The van der Waals surface area contributed by atoms with Gasteiger partial charge in [0.25, 0.3) is 0 Å². The highest BCUT2D eigenvalue weighted by Gasteiger charge is 2.35. The van der Waals surface area contributed by atoms with Gasteiger partial charge in [-0.25, -0.2) is 0 Å². The molecular formula is C13H16ClNO2. The second-order valence-electron chi connectivity index (χ2n) is 4.61. The van der Waals surface area contributed by atoms with E-state index in [2.05, 4.69) is 5.32 Å². The molecule has 17 heavy (non-hydrogen) atoms. The molecule has 2 rings (SSSR count). The van der Waals surface area contributed by atoms with E-state index in [1.165, 1.54) is 0 Å². The molecule has 3 nitrogen and oxygen atoms in total. The van der Waals surface area contributed by atoms with Crippen LogP contribution in [0.4, 0.5) is 0 Å². The second kappa shape index (κ2) is 5.07. The van der Waals surface area contributed by atoms with Gasteiger partial charge in [-0.1, -0.05) is 23.7 Å². The first-order chi connectivity index (χ1) is 8.12. The normalized spacial score (nSPS) is 18.9. The van der Waals surface area contributed by atoms with Gasteiger partial charge in [0.15, 0.2) is 0 Å². The van der Waals surface area contributed by atoms with Crippen LogP contribution in [0.2, 0.25) is 5.02 Å². The summed E-state index contributed by atoms with van der Waals surface area (Å²) in [5.41, 5.74) is 0.854. The number of rotatable bonds is 3. The van der Waals surface area contributed by atoms with Gasteiger partial charge < -0.3 is 10.4 Å². The summed E-state index contributed by atoms with van der Waals surface area (Å²) in [5, 5.41) is 13.1. The average Bonchev–Trinajstić information content (AvgIpc) is 2.30. The molecular weight excluding hydrogens is 238 g/mol. The molecule has 0 saturated carbocycles. The molecule has 1 aromatic rings. The maximum atomic E-state index is 11.1. The molecule has 1 fully saturated rings. The van der Waals surface area contributed by atoms with Gasteiger partial charge in [0.1, 0.15) is 0 Å². The third-order valence-corrected chi connectivity index (χ3v) is 3.76. The summed E-state index contributed by atoms with van der Waals surface area (Å²) >= 11 is 5.87. The van der Waals surface area contributed by atoms with Crippen molar-refractivity contribution in [1.29, 1.82) is 0 Å². The Morgan fingerprint density at radius 1 is 1.29 bits per heavy atom. The predicted octanol–water partition coefficient (Wildman–Crippen LogP) is 2.44. The van der Waals surface area contributed by atoms with E-state index < -0.39 is 5.97 Å². The van der Waals surface area contributed by atoms with Crippen molar-refractivity contribution in [2.75, 3.05) is 13.1 Å². The fourth-order valence-electron chi connectivity index (χ4n) is 2.57. The summed E-state index contributed by atoms with van der Waals surface area (Å²) in [5.74, 6) is -0.734. The predicted molar refractivity (Wildman–Crippen MR) is 67.5 cm³/mol. The van der Waals surface area contributed by atoms with Crippen molar-refractivity contribution >= 4 is 17.6 Å². The SMILES string of the molecule is O=C(O)CC1(c2ccc(Cl)cc2)CCNCC1. The first kappa shape index (κ1) is 12.4. The van der Waals surface area contributed by atoms with Crippen molar-refractivity contribution < 1.29 is 9.90 Å². The van der Waals surface area contributed by atoms with Gasteiger partial charge in [-0.15, -0.1) is 0 Å². The Labute approximate surface area is 106 Å². The topological polar surface area (TPSA) is 49.3 Å². The molecule has 0 aromatic heterocycles. The number of hydrogen-bond acceptors (Lipinski definition) is 2. The summed E-state index contributed by atoms with van der Waals surface area (Å²) in [4.78, 5) is 11.1. The van der Waals surface area contributed by atoms with Gasteiger partial charge in [-0.3, -0.25) is 4.79 Å². The molecule has 1 saturated heterocycles. The van der Waals surface area contributed by atoms with Crippen LogP contribution in [0.5, 0.6) is 0 Å². The van der Waals surface area contributed by atoms with Gasteiger partial charge in [0.05, 0.1) is 6.42 Å². The lowest BCUT2D eigenvalue weighted by molar-refractivity contribution is -0.138. The van der Waals surface area contributed by atoms with Crippen LogP contribution in [0.1, 0.15) is 24.8 Å². The first-order valence-electron chi connectivity index (χ1n) is 5.81. The molecule has 4 heteroatoms. The summed E-state index contributed by atoms with van der Waals surface area (Å²) in [7, 11) is 0. The van der Waals surface area contributed by atoms with Crippen LogP contribution in [0, 0.1) is 0 Å². The molecule has 0 spiro atoms. The highest BCUT2D eigenvalue weighted by molar-refractivity contribution is 6.30. The molecule has 1 aliphatic rings. The minimum Gasteiger partial charge on any atom is -0.481 e. The Hall–Kier alpha value is -1.06. The molecule has 1 heterocycles. The molecule has 0 unspecified atom stereocenters. The van der Waals surface area contributed by atoms with Crippen molar-refractivity contribution in [3.05, 3.63) is 34.9 Å². The average molecular weight is 254 g/mol. The Kier molecular flexibility index (Phi) is 3.69. The molecule has 0 radical (unpaired) electrons. The highest BCUT2D eigenvalue weighted by atomic mass is 35.5. The fraction of sp³-hybridized carbons (Fsp3) is 0.462. The molecule has 2 N–H and O–H groups in total. The first-order valence-corrected chi connectivity index (χ1v) is 6.19. The third kappa shape index (κ3) is 2.79. The van der Waals surface area contributed by atoms with Crippen LogP contribution >= 0.6 is 11.6 Å². The minimum absolute atomic E-state index is 0.191. The molecule has 0 amide bonds. The Balaban J connectivity index is 2.31. The molecule has 0 atom stereocenters. The van der Waals surface area contributed by atoms with E-state index in [0.29, 0.717) is 5.02 Å². The largest absolute Gasteiger partial charge is 0.481 e. The molecule has 1 aliphatic heterocycles. The number of carboxylic acid groups (broad SMARTS) is 1. The van der Waals surface area contributed by atoms with Crippen molar-refractivity contribution in [3.8, 4) is 0 Å². The van der Waals surface area contributed by atoms with Crippen LogP contribution in [-0.4, -0.2) is 24.2 Å². The smallest absolute Gasteiger partial charge is 0.304 e. The summed E-state index contributed by atoms with van der Waals surface area (Å²) in [6.45, 7) is 1.74. The van der Waals surface area contributed by atoms with E-state index >= 15 is 0 Å². The van der Waals surface area contributed by atoms with Gasteiger partial charge in [-0.05, 0) is 43.6 Å². The third-order valence-electron chi connectivity index (χ3n) is 3.51. The van der Waals surface area contributed by atoms with Crippen molar-refractivity contribution in [2.24, 2.45) is 0 Å². The number of carboxylic acids is 1. The number of hydrogen-bond donors (Lipinski definition) is 2. The maximum absolute atomic E-state index is 11.1. The maximum Gasteiger partial charge on any atom is 0.304 e. The van der Waals surface area contributed by atoms with E-state index in [1.807, 2.05) is 24.3 Å². The van der Waals surface area contributed by atoms with Gasteiger partial charge in [0, 0.05) is 10.4 Å². The van der Waals surface area contributed by atoms with E-state index in [1.54, 1.807) is 0 Å². The Bertz CT molecular complexity index is 396. The summed E-state index contributed by atoms with van der Waals surface area (Å²) in [6.07, 6.45) is 1.91.